The monoisotopic (exact) mass is 282 g/mol. The van der Waals surface area contributed by atoms with Crippen LogP contribution in [0.3, 0.4) is 0 Å². The molecule has 1 aliphatic heterocycles. The highest BCUT2D eigenvalue weighted by molar-refractivity contribution is 5.70. The SMILES string of the molecule is CC(C)Oc1cc(N2CCCCC2CO)c(N)cc1F. The molecule has 1 heterocycles. The van der Waals surface area contributed by atoms with Crippen molar-refractivity contribution in [3.05, 3.63) is 17.9 Å². The summed E-state index contributed by atoms with van der Waals surface area (Å²) in [6, 6.07) is 3.00. The second kappa shape index (κ2) is 6.31. The van der Waals surface area contributed by atoms with Crippen LogP contribution in [-0.2, 0) is 0 Å². The number of ether oxygens (including phenoxy) is 1. The lowest BCUT2D eigenvalue weighted by molar-refractivity contribution is 0.230. The molecular weight excluding hydrogens is 259 g/mol. The molecule has 1 unspecified atom stereocenters. The van der Waals surface area contributed by atoms with Gasteiger partial charge in [-0.15, -0.1) is 0 Å². The highest BCUT2D eigenvalue weighted by Crippen LogP contribution is 2.35. The summed E-state index contributed by atoms with van der Waals surface area (Å²) in [7, 11) is 0. The number of aliphatic hydroxyl groups is 1. The van der Waals surface area contributed by atoms with E-state index in [0.29, 0.717) is 5.69 Å². The molecule has 5 heteroatoms. The maximum atomic E-state index is 13.9. The summed E-state index contributed by atoms with van der Waals surface area (Å²) in [5, 5.41) is 9.50. The zero-order valence-corrected chi connectivity index (χ0v) is 12.1. The van der Waals surface area contributed by atoms with Crippen molar-refractivity contribution in [2.45, 2.75) is 45.3 Å². The minimum Gasteiger partial charge on any atom is -0.488 e. The Morgan fingerprint density at radius 2 is 2.20 bits per heavy atom. The molecule has 1 aliphatic rings. The van der Waals surface area contributed by atoms with E-state index in [1.807, 2.05) is 13.8 Å². The largest absolute Gasteiger partial charge is 0.488 e. The van der Waals surface area contributed by atoms with E-state index >= 15 is 0 Å². The molecule has 1 fully saturated rings. The average Bonchev–Trinajstić information content (AvgIpc) is 2.41. The van der Waals surface area contributed by atoms with Crippen LogP contribution >= 0.6 is 0 Å². The van der Waals surface area contributed by atoms with Crippen molar-refractivity contribution in [1.29, 1.82) is 0 Å². The third kappa shape index (κ3) is 3.15. The first-order chi connectivity index (χ1) is 9.52. The van der Waals surface area contributed by atoms with E-state index < -0.39 is 5.82 Å². The van der Waals surface area contributed by atoms with Gasteiger partial charge in [-0.3, -0.25) is 0 Å². The number of piperidine rings is 1. The summed E-state index contributed by atoms with van der Waals surface area (Å²) >= 11 is 0. The highest BCUT2D eigenvalue weighted by atomic mass is 19.1. The molecule has 1 atom stereocenters. The molecule has 0 radical (unpaired) electrons. The summed E-state index contributed by atoms with van der Waals surface area (Å²) in [6.07, 6.45) is 2.97. The Bertz CT molecular complexity index is 465. The summed E-state index contributed by atoms with van der Waals surface area (Å²) < 4.78 is 19.3. The summed E-state index contributed by atoms with van der Waals surface area (Å²) in [6.45, 7) is 4.61. The van der Waals surface area contributed by atoms with Crippen LogP contribution in [0.2, 0.25) is 0 Å². The molecule has 3 N–H and O–H groups in total. The van der Waals surface area contributed by atoms with Crippen molar-refractivity contribution < 1.29 is 14.2 Å². The fourth-order valence-electron chi connectivity index (χ4n) is 2.66. The molecule has 0 spiro atoms. The number of aliphatic hydroxyl groups excluding tert-OH is 1. The van der Waals surface area contributed by atoms with Crippen molar-refractivity contribution in [2.75, 3.05) is 23.8 Å². The van der Waals surface area contributed by atoms with E-state index in [-0.39, 0.29) is 24.5 Å². The van der Waals surface area contributed by atoms with Gasteiger partial charge >= 0.3 is 0 Å². The van der Waals surface area contributed by atoms with Gasteiger partial charge in [-0.25, -0.2) is 4.39 Å². The van der Waals surface area contributed by atoms with Gasteiger partial charge in [0.05, 0.1) is 30.1 Å². The van der Waals surface area contributed by atoms with E-state index in [9.17, 15) is 9.50 Å². The lowest BCUT2D eigenvalue weighted by Crippen LogP contribution is -2.42. The Balaban J connectivity index is 2.34. The molecule has 1 aromatic carbocycles. The van der Waals surface area contributed by atoms with E-state index in [0.717, 1.165) is 31.5 Å². The summed E-state index contributed by atoms with van der Waals surface area (Å²) in [5.74, 6) is -0.232. The molecule has 112 valence electrons. The third-order valence-corrected chi connectivity index (χ3v) is 3.59. The fourth-order valence-corrected chi connectivity index (χ4v) is 2.66. The first-order valence-corrected chi connectivity index (χ1v) is 7.16. The van der Waals surface area contributed by atoms with E-state index in [1.165, 1.54) is 6.07 Å². The van der Waals surface area contributed by atoms with Crippen molar-refractivity contribution in [3.63, 3.8) is 0 Å². The third-order valence-electron chi connectivity index (χ3n) is 3.59. The average molecular weight is 282 g/mol. The number of anilines is 2. The molecule has 0 aromatic heterocycles. The molecule has 0 bridgehead atoms. The van der Waals surface area contributed by atoms with Crippen molar-refractivity contribution in [2.24, 2.45) is 0 Å². The van der Waals surface area contributed by atoms with Crippen molar-refractivity contribution in [3.8, 4) is 5.75 Å². The van der Waals surface area contributed by atoms with E-state index in [1.54, 1.807) is 6.07 Å². The molecule has 1 saturated heterocycles. The lowest BCUT2D eigenvalue weighted by Gasteiger charge is -2.37. The first kappa shape index (κ1) is 14.9. The van der Waals surface area contributed by atoms with Gasteiger partial charge in [0.25, 0.3) is 0 Å². The maximum absolute atomic E-state index is 13.9. The van der Waals surface area contributed by atoms with Gasteiger partial charge in [-0.2, -0.15) is 0 Å². The molecule has 4 nitrogen and oxygen atoms in total. The van der Waals surface area contributed by atoms with Crippen LogP contribution in [0.4, 0.5) is 15.8 Å². The highest BCUT2D eigenvalue weighted by Gasteiger charge is 2.24. The van der Waals surface area contributed by atoms with Crippen LogP contribution in [0.1, 0.15) is 33.1 Å². The maximum Gasteiger partial charge on any atom is 0.167 e. The number of hydrogen-bond acceptors (Lipinski definition) is 4. The second-order valence-electron chi connectivity index (χ2n) is 5.53. The smallest absolute Gasteiger partial charge is 0.167 e. The normalized spacial score (nSPS) is 19.4. The lowest BCUT2D eigenvalue weighted by atomic mass is 10.0. The summed E-state index contributed by atoms with van der Waals surface area (Å²) in [4.78, 5) is 2.06. The molecule has 2 rings (SSSR count). The Hall–Kier alpha value is -1.49. The number of rotatable bonds is 4. The van der Waals surface area contributed by atoms with Gasteiger partial charge in [0.15, 0.2) is 11.6 Å². The number of halogens is 1. The zero-order chi connectivity index (χ0) is 14.7. The first-order valence-electron chi connectivity index (χ1n) is 7.16. The molecule has 1 aromatic rings. The van der Waals surface area contributed by atoms with Gasteiger partial charge in [0.2, 0.25) is 0 Å². The second-order valence-corrected chi connectivity index (χ2v) is 5.53. The Labute approximate surface area is 119 Å². The number of hydrogen-bond donors (Lipinski definition) is 2. The Morgan fingerprint density at radius 1 is 1.45 bits per heavy atom. The predicted octanol–water partition coefficient (Wildman–Crippen LogP) is 2.55. The van der Waals surface area contributed by atoms with Gasteiger partial charge in [0.1, 0.15) is 0 Å². The van der Waals surface area contributed by atoms with E-state index in [4.69, 9.17) is 10.5 Å². The number of nitrogens with zero attached hydrogens (tertiary/aromatic N) is 1. The van der Waals surface area contributed by atoms with Crippen LogP contribution < -0.4 is 15.4 Å². The number of benzene rings is 1. The topological polar surface area (TPSA) is 58.7 Å². The minimum atomic E-state index is -0.447. The van der Waals surface area contributed by atoms with Crippen LogP contribution in [0.15, 0.2) is 12.1 Å². The Kier molecular flexibility index (Phi) is 4.70. The van der Waals surface area contributed by atoms with Crippen molar-refractivity contribution >= 4 is 11.4 Å². The van der Waals surface area contributed by atoms with Gasteiger partial charge in [-0.05, 0) is 33.1 Å². The van der Waals surface area contributed by atoms with Gasteiger partial charge in [-0.1, -0.05) is 0 Å². The minimum absolute atomic E-state index is 0.0448. The Morgan fingerprint density at radius 3 is 2.85 bits per heavy atom. The standard InChI is InChI=1S/C15H23FN2O2/c1-10(2)20-15-8-14(13(17)7-12(15)16)18-6-4-3-5-11(18)9-19/h7-8,10-11,19H,3-6,9,17H2,1-2H3. The van der Waals surface area contributed by atoms with Gasteiger partial charge < -0.3 is 20.5 Å². The number of nitrogens with two attached hydrogens (primary N) is 1. The number of nitrogen functional groups attached to an aromatic ring is 1. The van der Waals surface area contributed by atoms with Crippen molar-refractivity contribution in [1.82, 2.24) is 0 Å². The molecular formula is C15H23FN2O2. The molecule has 20 heavy (non-hydrogen) atoms. The zero-order valence-electron chi connectivity index (χ0n) is 12.1. The quantitative estimate of drug-likeness (QED) is 0.833. The van der Waals surface area contributed by atoms with Gasteiger partial charge in [0, 0.05) is 18.7 Å². The van der Waals surface area contributed by atoms with Crippen LogP contribution in [0.25, 0.3) is 0 Å². The fraction of sp³-hybridized carbons (Fsp3) is 0.600. The van der Waals surface area contributed by atoms with E-state index in [2.05, 4.69) is 4.90 Å². The molecule has 0 saturated carbocycles. The predicted molar refractivity (Wildman–Crippen MR) is 78.6 cm³/mol. The van der Waals surface area contributed by atoms with Crippen LogP contribution in [0.5, 0.6) is 5.75 Å². The molecule has 0 aliphatic carbocycles. The van der Waals surface area contributed by atoms with Crippen LogP contribution in [-0.4, -0.2) is 30.4 Å². The van der Waals surface area contributed by atoms with Crippen LogP contribution in [0, 0.1) is 5.82 Å². The molecule has 0 amide bonds. The summed E-state index contributed by atoms with van der Waals surface area (Å²) in [5.41, 5.74) is 7.09.